The first-order valence-corrected chi connectivity index (χ1v) is 4.93. The largest absolute Gasteiger partial charge is 0.460 e. The summed E-state index contributed by atoms with van der Waals surface area (Å²) in [5.41, 5.74) is 0. The average molecular weight is 242 g/mol. The Balaban J connectivity index is 2.22. The number of hydrogen-bond acceptors (Lipinski definition) is 5. The Kier molecular flexibility index (Phi) is 2.91. The first-order valence-electron chi connectivity index (χ1n) is 4.56. The van der Waals surface area contributed by atoms with Crippen LogP contribution in [-0.2, 0) is 4.74 Å². The summed E-state index contributed by atoms with van der Waals surface area (Å²) in [5.74, 6) is 0.120. The van der Waals surface area contributed by atoms with Gasteiger partial charge in [0.15, 0.2) is 11.0 Å². The second-order valence-electron chi connectivity index (χ2n) is 2.83. The number of esters is 1. The Morgan fingerprint density at radius 1 is 1.62 bits per heavy atom. The van der Waals surface area contributed by atoms with Crippen LogP contribution in [0.15, 0.2) is 16.5 Å². The first-order chi connectivity index (χ1) is 7.70. The van der Waals surface area contributed by atoms with Gasteiger partial charge in [-0.05, 0) is 30.7 Å². The molecule has 0 aliphatic rings. The minimum atomic E-state index is -0.557. The Labute approximate surface area is 95.6 Å². The van der Waals surface area contributed by atoms with Gasteiger partial charge < -0.3 is 9.15 Å². The molecular weight excluding hydrogens is 234 g/mol. The number of aromatic nitrogens is 3. The van der Waals surface area contributed by atoms with Crippen molar-refractivity contribution >= 4 is 17.6 Å². The molecule has 0 aromatic carbocycles. The number of ether oxygens (including phenoxy) is 1. The van der Waals surface area contributed by atoms with Gasteiger partial charge in [0.25, 0.3) is 0 Å². The lowest BCUT2D eigenvalue weighted by atomic mass is 10.4. The van der Waals surface area contributed by atoms with Crippen molar-refractivity contribution < 1.29 is 13.9 Å². The van der Waals surface area contributed by atoms with E-state index in [1.807, 2.05) is 0 Å². The lowest BCUT2D eigenvalue weighted by Crippen LogP contribution is -2.06. The molecule has 7 heteroatoms. The van der Waals surface area contributed by atoms with Crippen molar-refractivity contribution in [3.05, 3.63) is 23.2 Å². The van der Waals surface area contributed by atoms with Crippen molar-refractivity contribution in [3.8, 4) is 11.6 Å². The van der Waals surface area contributed by atoms with Crippen LogP contribution < -0.4 is 0 Å². The lowest BCUT2D eigenvalue weighted by Gasteiger charge is -1.94. The summed E-state index contributed by atoms with van der Waals surface area (Å²) in [6.45, 7) is 1.99. The highest BCUT2D eigenvalue weighted by atomic mass is 35.5. The number of aromatic amines is 1. The minimum absolute atomic E-state index is 0.0318. The standard InChI is InChI=1S/C9H8ClN3O3/c1-2-15-9(14)8-11-7(12-13-8)5-3-4-6(10)16-5/h3-4H,2H2,1H3,(H,11,12,13). The third-order valence-corrected chi connectivity index (χ3v) is 1.95. The molecule has 0 atom stereocenters. The van der Waals surface area contributed by atoms with Crippen molar-refractivity contribution in [1.29, 1.82) is 0 Å². The third kappa shape index (κ3) is 2.06. The van der Waals surface area contributed by atoms with Crippen LogP contribution >= 0.6 is 11.6 Å². The number of H-pyrrole nitrogens is 1. The predicted octanol–water partition coefficient (Wildman–Crippen LogP) is 1.89. The van der Waals surface area contributed by atoms with Gasteiger partial charge in [-0.2, -0.15) is 4.98 Å². The fourth-order valence-corrected chi connectivity index (χ4v) is 1.24. The molecule has 2 aromatic rings. The van der Waals surface area contributed by atoms with Crippen LogP contribution in [0.3, 0.4) is 0 Å². The number of hydrogen-bond donors (Lipinski definition) is 1. The Bertz CT molecular complexity index is 506. The second-order valence-corrected chi connectivity index (χ2v) is 3.20. The van der Waals surface area contributed by atoms with Gasteiger partial charge in [0.2, 0.25) is 11.6 Å². The zero-order valence-corrected chi connectivity index (χ0v) is 9.11. The molecule has 0 radical (unpaired) electrons. The number of carbonyl (C=O) groups is 1. The van der Waals surface area contributed by atoms with E-state index in [4.69, 9.17) is 20.8 Å². The fourth-order valence-electron chi connectivity index (χ4n) is 1.10. The van der Waals surface area contributed by atoms with Crippen LogP contribution in [0.25, 0.3) is 11.6 Å². The SMILES string of the molecule is CCOC(=O)c1nc(-c2ccc(Cl)o2)n[nH]1. The molecule has 0 bridgehead atoms. The summed E-state index contributed by atoms with van der Waals surface area (Å²) in [4.78, 5) is 15.2. The maximum Gasteiger partial charge on any atom is 0.375 e. The van der Waals surface area contributed by atoms with Crippen LogP contribution in [0.1, 0.15) is 17.5 Å². The quantitative estimate of drug-likeness (QED) is 0.830. The van der Waals surface area contributed by atoms with Crippen molar-refractivity contribution in [1.82, 2.24) is 15.2 Å². The van der Waals surface area contributed by atoms with Crippen LogP contribution in [0.4, 0.5) is 0 Å². The smallest absolute Gasteiger partial charge is 0.375 e. The number of nitrogens with one attached hydrogen (secondary N) is 1. The summed E-state index contributed by atoms with van der Waals surface area (Å²) in [7, 11) is 0. The van der Waals surface area contributed by atoms with E-state index in [0.717, 1.165) is 0 Å². The molecule has 0 amide bonds. The van der Waals surface area contributed by atoms with Gasteiger partial charge in [-0.1, -0.05) is 0 Å². The second kappa shape index (κ2) is 4.36. The summed E-state index contributed by atoms with van der Waals surface area (Å²) in [6.07, 6.45) is 0. The molecule has 16 heavy (non-hydrogen) atoms. The van der Waals surface area contributed by atoms with Gasteiger partial charge in [-0.3, -0.25) is 5.10 Å². The van der Waals surface area contributed by atoms with E-state index in [1.165, 1.54) is 0 Å². The zero-order chi connectivity index (χ0) is 11.5. The van der Waals surface area contributed by atoms with Crippen molar-refractivity contribution in [2.75, 3.05) is 6.61 Å². The lowest BCUT2D eigenvalue weighted by molar-refractivity contribution is 0.0512. The predicted molar refractivity (Wildman–Crippen MR) is 55.1 cm³/mol. The average Bonchev–Trinajstić information content (AvgIpc) is 2.85. The molecule has 1 N–H and O–H groups in total. The Morgan fingerprint density at radius 2 is 2.44 bits per heavy atom. The van der Waals surface area contributed by atoms with E-state index in [2.05, 4.69) is 15.2 Å². The molecule has 84 valence electrons. The van der Waals surface area contributed by atoms with Crippen molar-refractivity contribution in [2.45, 2.75) is 6.92 Å². The zero-order valence-electron chi connectivity index (χ0n) is 8.36. The molecule has 0 saturated heterocycles. The van der Waals surface area contributed by atoms with Gasteiger partial charge in [-0.25, -0.2) is 4.79 Å². The normalized spacial score (nSPS) is 10.4. The highest BCUT2D eigenvalue weighted by molar-refractivity contribution is 6.28. The van der Waals surface area contributed by atoms with Crippen molar-refractivity contribution in [2.24, 2.45) is 0 Å². The summed E-state index contributed by atoms with van der Waals surface area (Å²) < 4.78 is 9.84. The van der Waals surface area contributed by atoms with E-state index in [1.54, 1.807) is 19.1 Å². The molecule has 0 saturated carbocycles. The van der Waals surface area contributed by atoms with Crippen molar-refractivity contribution in [3.63, 3.8) is 0 Å². The summed E-state index contributed by atoms with van der Waals surface area (Å²) >= 11 is 5.61. The number of rotatable bonds is 3. The van der Waals surface area contributed by atoms with Gasteiger partial charge >= 0.3 is 5.97 Å². The van der Waals surface area contributed by atoms with Gasteiger partial charge in [0.05, 0.1) is 6.61 Å². The highest BCUT2D eigenvalue weighted by Crippen LogP contribution is 2.21. The number of nitrogens with zero attached hydrogens (tertiary/aromatic N) is 2. The molecule has 0 spiro atoms. The highest BCUT2D eigenvalue weighted by Gasteiger charge is 2.15. The van der Waals surface area contributed by atoms with Crippen LogP contribution in [0.2, 0.25) is 5.22 Å². The van der Waals surface area contributed by atoms with Crippen LogP contribution in [0.5, 0.6) is 0 Å². The molecule has 0 unspecified atom stereocenters. The molecule has 2 rings (SSSR count). The van der Waals surface area contributed by atoms with Gasteiger partial charge in [0, 0.05) is 0 Å². The van der Waals surface area contributed by atoms with E-state index in [9.17, 15) is 4.79 Å². The molecule has 6 nitrogen and oxygen atoms in total. The fraction of sp³-hybridized carbons (Fsp3) is 0.222. The molecular formula is C9H8ClN3O3. The Hall–Kier alpha value is -1.82. The third-order valence-electron chi connectivity index (χ3n) is 1.75. The van der Waals surface area contributed by atoms with E-state index >= 15 is 0 Å². The van der Waals surface area contributed by atoms with Gasteiger partial charge in [-0.15, -0.1) is 5.10 Å². The number of halogens is 1. The van der Waals surface area contributed by atoms with E-state index in [0.29, 0.717) is 5.76 Å². The van der Waals surface area contributed by atoms with Crippen LogP contribution in [-0.4, -0.2) is 27.8 Å². The molecule has 0 aliphatic heterocycles. The topological polar surface area (TPSA) is 81.0 Å². The number of furan rings is 1. The van der Waals surface area contributed by atoms with Crippen LogP contribution in [0, 0.1) is 0 Å². The summed E-state index contributed by atoms with van der Waals surface area (Å²) in [6, 6.07) is 3.18. The molecule has 2 aromatic heterocycles. The Morgan fingerprint density at radius 3 is 3.06 bits per heavy atom. The molecule has 2 heterocycles. The maximum atomic E-state index is 11.3. The minimum Gasteiger partial charge on any atom is -0.460 e. The molecule has 0 aliphatic carbocycles. The first kappa shape index (κ1) is 10.7. The van der Waals surface area contributed by atoms with E-state index in [-0.39, 0.29) is 23.5 Å². The molecule has 0 fully saturated rings. The number of carbonyl (C=O) groups excluding carboxylic acids is 1. The van der Waals surface area contributed by atoms with E-state index < -0.39 is 5.97 Å². The van der Waals surface area contributed by atoms with Gasteiger partial charge in [0.1, 0.15) is 0 Å². The monoisotopic (exact) mass is 241 g/mol. The summed E-state index contributed by atoms with van der Waals surface area (Å²) in [5, 5.41) is 6.51. The maximum absolute atomic E-state index is 11.3.